The van der Waals surface area contributed by atoms with Crippen molar-refractivity contribution in [3.05, 3.63) is 70.0 Å². The largest absolute Gasteiger partial charge is 0.214 e. The van der Waals surface area contributed by atoms with Gasteiger partial charge in [0.05, 0.1) is 16.3 Å². The molecule has 3 rings (SSSR count). The third-order valence-corrected chi connectivity index (χ3v) is 7.18. The first-order valence-corrected chi connectivity index (χ1v) is 12.5. The molecular weight excluding hydrogens is 435 g/mol. The molecule has 0 aliphatic carbocycles. The maximum atomic E-state index is 12.6. The molecule has 0 unspecified atom stereocenters. The molecule has 1 heterocycles. The number of nitriles is 1. The van der Waals surface area contributed by atoms with E-state index < -0.39 is 10.0 Å². The Kier molecular flexibility index (Phi) is 11.8. The van der Waals surface area contributed by atoms with E-state index in [1.165, 1.54) is 6.07 Å². The van der Waals surface area contributed by atoms with Crippen LogP contribution in [0.25, 0.3) is 0 Å². The Hall–Kier alpha value is -1.94. The fourth-order valence-corrected chi connectivity index (χ4v) is 4.95. The summed E-state index contributed by atoms with van der Waals surface area (Å²) in [4.78, 5) is 0. The van der Waals surface area contributed by atoms with Gasteiger partial charge in [-0.05, 0) is 61.4 Å². The monoisotopic (exact) mass is 466 g/mol. The molecule has 2 aromatic carbocycles. The first-order chi connectivity index (χ1) is 14.6. The van der Waals surface area contributed by atoms with E-state index >= 15 is 0 Å². The molecule has 1 atom stereocenters. The highest BCUT2D eigenvalue weighted by molar-refractivity contribution is 7.89. The van der Waals surface area contributed by atoms with Gasteiger partial charge >= 0.3 is 0 Å². The van der Waals surface area contributed by atoms with E-state index in [1.807, 2.05) is 39.0 Å². The normalized spacial score (nSPS) is 15.8. The minimum absolute atomic E-state index is 0.0972. The molecule has 170 valence electrons. The van der Waals surface area contributed by atoms with Gasteiger partial charge in [0.2, 0.25) is 10.0 Å². The smallest absolute Gasteiger partial charge is 0.212 e. The summed E-state index contributed by atoms with van der Waals surface area (Å²) in [5, 5.41) is 9.00. The van der Waals surface area contributed by atoms with Crippen LogP contribution in [0, 0.1) is 30.0 Å². The molecule has 0 spiro atoms. The van der Waals surface area contributed by atoms with E-state index in [4.69, 9.17) is 16.9 Å². The predicted octanol–water partition coefficient (Wildman–Crippen LogP) is 5.98. The van der Waals surface area contributed by atoms with Crippen LogP contribution in [0.1, 0.15) is 50.3 Å². The number of aryl methyl sites for hydroxylation is 2. The van der Waals surface area contributed by atoms with Crippen molar-refractivity contribution >= 4 is 21.6 Å². The van der Waals surface area contributed by atoms with Crippen LogP contribution < -0.4 is 0 Å². The highest BCUT2D eigenvalue weighted by atomic mass is 35.5. The molecule has 0 bridgehead atoms. The number of sulfonamides is 1. The lowest BCUT2D eigenvalue weighted by Gasteiger charge is -2.14. The molecule has 1 fully saturated rings. The summed E-state index contributed by atoms with van der Waals surface area (Å²) in [5.74, 6) is 0.747. The van der Waals surface area contributed by atoms with Crippen LogP contribution in [-0.2, 0) is 16.4 Å². The third kappa shape index (κ3) is 9.39. The molecule has 31 heavy (non-hydrogen) atoms. The van der Waals surface area contributed by atoms with Crippen LogP contribution in [0.5, 0.6) is 0 Å². The number of benzene rings is 2. The molecule has 0 aromatic heterocycles. The third-order valence-electron chi connectivity index (χ3n) is 4.83. The van der Waals surface area contributed by atoms with Crippen molar-refractivity contribution in [1.29, 1.82) is 5.26 Å². The zero-order valence-electron chi connectivity index (χ0n) is 18.7. The van der Waals surface area contributed by atoms with Crippen molar-refractivity contribution in [2.75, 3.05) is 18.8 Å². The molecule has 7 heteroatoms. The summed E-state index contributed by atoms with van der Waals surface area (Å²) in [5.41, 5.74) is 2.40. The topological polar surface area (TPSA) is 61.2 Å². The van der Waals surface area contributed by atoms with Crippen molar-refractivity contribution in [2.24, 2.45) is 5.92 Å². The highest BCUT2D eigenvalue weighted by Crippen LogP contribution is 2.19. The molecule has 1 aliphatic heterocycles. The quantitative estimate of drug-likeness (QED) is 0.557. The Labute approximate surface area is 191 Å². The van der Waals surface area contributed by atoms with Crippen molar-refractivity contribution in [3.8, 4) is 6.07 Å². The first kappa shape index (κ1) is 27.1. The summed E-state index contributed by atoms with van der Waals surface area (Å²) in [6.07, 6.45) is 2.50. The summed E-state index contributed by atoms with van der Waals surface area (Å²) in [7, 11) is -2.91. The Morgan fingerprint density at radius 3 is 2.35 bits per heavy atom. The minimum Gasteiger partial charge on any atom is -0.212 e. The molecule has 0 N–H and O–H groups in total. The highest BCUT2D eigenvalue weighted by Gasteiger charge is 2.27. The molecule has 1 aliphatic rings. The van der Waals surface area contributed by atoms with Crippen LogP contribution >= 0.6 is 11.6 Å². The van der Waals surface area contributed by atoms with Gasteiger partial charge in [0, 0.05) is 13.1 Å². The van der Waals surface area contributed by atoms with E-state index in [2.05, 4.69) is 6.92 Å². The van der Waals surface area contributed by atoms with Crippen molar-refractivity contribution < 1.29 is 12.8 Å². The molecule has 0 amide bonds. The van der Waals surface area contributed by atoms with Gasteiger partial charge in [0.15, 0.2) is 0 Å². The van der Waals surface area contributed by atoms with Gasteiger partial charge in [0.1, 0.15) is 11.9 Å². The molecular formula is C24H32ClFN2O2S. The van der Waals surface area contributed by atoms with E-state index in [0.717, 1.165) is 37.1 Å². The summed E-state index contributed by atoms with van der Waals surface area (Å²) in [6, 6.07) is 14.2. The van der Waals surface area contributed by atoms with Crippen LogP contribution in [0.3, 0.4) is 0 Å². The van der Waals surface area contributed by atoms with Gasteiger partial charge < -0.3 is 0 Å². The van der Waals surface area contributed by atoms with Crippen molar-refractivity contribution in [3.63, 3.8) is 0 Å². The molecule has 0 radical (unpaired) electrons. The van der Waals surface area contributed by atoms with Crippen LogP contribution in [0.2, 0.25) is 5.02 Å². The fraction of sp³-hybridized carbons (Fsp3) is 0.458. The molecule has 1 saturated heterocycles. The number of hydrogen-bond acceptors (Lipinski definition) is 3. The lowest BCUT2D eigenvalue weighted by atomic mass is 10.2. The Balaban J connectivity index is 0.000000235. The van der Waals surface area contributed by atoms with E-state index in [9.17, 15) is 12.8 Å². The first-order valence-electron chi connectivity index (χ1n) is 10.5. The number of rotatable bonds is 4. The second-order valence-corrected chi connectivity index (χ2v) is 10.1. The van der Waals surface area contributed by atoms with Crippen molar-refractivity contribution in [1.82, 2.24) is 4.31 Å². The van der Waals surface area contributed by atoms with E-state index in [1.54, 1.807) is 28.6 Å². The lowest BCUT2D eigenvalue weighted by molar-refractivity contribution is 0.464. The standard InChI is InChI=1S/C8H6ClN.C8H9F.C8H17NO2S/c1-6-2-3-7(5-10)8(9)4-6;1-2-7-5-3-4-6-8(7)9;1-3-6-12(10,11)9-5-4-8(2)7-9/h2-4H,1H3;3-6H,2H2,1H3;8H,3-7H2,1-2H3/t;;8-/m..0/s1. The van der Waals surface area contributed by atoms with Gasteiger partial charge in [-0.1, -0.05) is 56.6 Å². The zero-order valence-corrected chi connectivity index (χ0v) is 20.3. The Morgan fingerprint density at radius 1 is 1.23 bits per heavy atom. The Morgan fingerprint density at radius 2 is 1.90 bits per heavy atom. The average Bonchev–Trinajstić information content (AvgIpc) is 3.17. The fourth-order valence-electron chi connectivity index (χ4n) is 3.03. The van der Waals surface area contributed by atoms with Gasteiger partial charge in [0.25, 0.3) is 0 Å². The predicted molar refractivity (Wildman–Crippen MR) is 126 cm³/mol. The summed E-state index contributed by atoms with van der Waals surface area (Å²) < 4.78 is 37.2. The van der Waals surface area contributed by atoms with Gasteiger partial charge in [-0.2, -0.15) is 5.26 Å². The van der Waals surface area contributed by atoms with Crippen LogP contribution in [0.4, 0.5) is 4.39 Å². The molecule has 4 nitrogen and oxygen atoms in total. The number of nitrogens with zero attached hydrogens (tertiary/aromatic N) is 2. The number of halogens is 2. The zero-order chi connectivity index (χ0) is 23.4. The van der Waals surface area contributed by atoms with Crippen molar-refractivity contribution in [2.45, 2.75) is 47.0 Å². The Bertz CT molecular complexity index is 974. The molecule has 0 saturated carbocycles. The summed E-state index contributed by atoms with van der Waals surface area (Å²) in [6.45, 7) is 9.33. The second kappa shape index (κ2) is 13.5. The minimum atomic E-state index is -2.91. The average molecular weight is 467 g/mol. The van der Waals surface area contributed by atoms with Gasteiger partial charge in [-0.25, -0.2) is 17.1 Å². The maximum Gasteiger partial charge on any atom is 0.214 e. The van der Waals surface area contributed by atoms with Gasteiger partial charge in [-0.3, -0.25) is 0 Å². The van der Waals surface area contributed by atoms with Crippen LogP contribution in [0.15, 0.2) is 42.5 Å². The van der Waals surface area contributed by atoms with E-state index in [-0.39, 0.29) is 5.82 Å². The second-order valence-electron chi connectivity index (χ2n) is 7.61. The molecule has 2 aromatic rings. The van der Waals surface area contributed by atoms with Gasteiger partial charge in [-0.15, -0.1) is 0 Å². The maximum absolute atomic E-state index is 12.6. The summed E-state index contributed by atoms with van der Waals surface area (Å²) >= 11 is 5.71. The van der Waals surface area contributed by atoms with Crippen LogP contribution in [-0.4, -0.2) is 31.6 Å². The lowest BCUT2D eigenvalue weighted by Crippen LogP contribution is -2.30. The SMILES string of the molecule is CCCS(=O)(=O)N1CC[C@H](C)C1.CCc1ccccc1F.Cc1ccc(C#N)c(Cl)c1. The van der Waals surface area contributed by atoms with E-state index in [0.29, 0.717) is 28.7 Å². The number of hydrogen-bond donors (Lipinski definition) is 0.